The maximum atomic E-state index is 13.6. The molecule has 0 spiro atoms. The summed E-state index contributed by atoms with van der Waals surface area (Å²) >= 11 is 3.42. The molecule has 1 aromatic rings. The van der Waals surface area contributed by atoms with Gasteiger partial charge in [-0.2, -0.15) is 0 Å². The molecule has 0 saturated carbocycles. The fourth-order valence-corrected chi connectivity index (χ4v) is 3.06. The molecule has 1 aromatic carbocycles. The molecule has 1 heterocycles. The molecule has 120 valence electrons. The molecule has 1 fully saturated rings. The lowest BCUT2D eigenvalue weighted by atomic mass is 10.00. The van der Waals surface area contributed by atoms with Crippen molar-refractivity contribution in [3.8, 4) is 5.75 Å². The average molecular weight is 402 g/mol. The molecular formula is C14H20BrCl2FN2O. The largest absolute Gasteiger partial charge is 0.505 e. The van der Waals surface area contributed by atoms with E-state index in [1.807, 2.05) is 6.08 Å². The Morgan fingerprint density at radius 2 is 2.00 bits per heavy atom. The Labute approximate surface area is 145 Å². The summed E-state index contributed by atoms with van der Waals surface area (Å²) in [5.74, 6) is -0.845. The number of nitrogens with one attached hydrogen (secondary N) is 1. The van der Waals surface area contributed by atoms with Crippen LogP contribution in [-0.2, 0) is 0 Å². The van der Waals surface area contributed by atoms with E-state index in [4.69, 9.17) is 0 Å². The first-order chi connectivity index (χ1) is 9.15. The van der Waals surface area contributed by atoms with Gasteiger partial charge in [-0.1, -0.05) is 22.0 Å². The number of rotatable bonds is 4. The highest BCUT2D eigenvalue weighted by atomic mass is 79.9. The number of piperazine rings is 1. The summed E-state index contributed by atoms with van der Waals surface area (Å²) in [5, 5.41) is 13.3. The number of halogens is 4. The molecule has 0 amide bonds. The first-order valence-corrected chi connectivity index (χ1v) is 7.17. The fourth-order valence-electron chi connectivity index (χ4n) is 2.47. The molecule has 21 heavy (non-hydrogen) atoms. The Bertz CT molecular complexity index is 471. The quantitative estimate of drug-likeness (QED) is 0.755. The van der Waals surface area contributed by atoms with Crippen LogP contribution in [0.15, 0.2) is 29.3 Å². The number of nitrogens with zero attached hydrogens (tertiary/aromatic N) is 1. The normalized spacial score (nSPS) is 16.5. The van der Waals surface area contributed by atoms with Crippen molar-refractivity contribution in [3.63, 3.8) is 0 Å². The topological polar surface area (TPSA) is 35.5 Å². The number of hydrogen-bond acceptors (Lipinski definition) is 3. The van der Waals surface area contributed by atoms with Gasteiger partial charge < -0.3 is 10.4 Å². The Hall–Kier alpha value is -0.330. The SMILES string of the molecule is C=CC[C@@H](c1c(Br)ccc(F)c1O)N1CCNCC1.Cl.Cl. The summed E-state index contributed by atoms with van der Waals surface area (Å²) in [7, 11) is 0. The lowest BCUT2D eigenvalue weighted by Crippen LogP contribution is -2.45. The Balaban J connectivity index is 0.00000200. The molecule has 0 aliphatic carbocycles. The molecule has 1 atom stereocenters. The summed E-state index contributed by atoms with van der Waals surface area (Å²) in [6, 6.07) is 2.86. The fraction of sp³-hybridized carbons (Fsp3) is 0.429. The zero-order valence-electron chi connectivity index (χ0n) is 11.5. The zero-order valence-corrected chi connectivity index (χ0v) is 14.7. The second-order valence-corrected chi connectivity index (χ2v) is 5.47. The van der Waals surface area contributed by atoms with E-state index in [0.717, 1.165) is 30.7 Å². The number of aromatic hydroxyl groups is 1. The Morgan fingerprint density at radius 1 is 1.38 bits per heavy atom. The molecule has 0 unspecified atom stereocenters. The summed E-state index contributed by atoms with van der Waals surface area (Å²) in [6.45, 7) is 7.33. The van der Waals surface area contributed by atoms with Crippen LogP contribution in [0.3, 0.4) is 0 Å². The van der Waals surface area contributed by atoms with E-state index in [9.17, 15) is 9.50 Å². The van der Waals surface area contributed by atoms with Gasteiger partial charge in [0.2, 0.25) is 0 Å². The van der Waals surface area contributed by atoms with E-state index >= 15 is 0 Å². The van der Waals surface area contributed by atoms with Gasteiger partial charge in [0.25, 0.3) is 0 Å². The van der Waals surface area contributed by atoms with Gasteiger partial charge in [0.05, 0.1) is 0 Å². The third-order valence-corrected chi connectivity index (χ3v) is 4.12. The van der Waals surface area contributed by atoms with Crippen molar-refractivity contribution >= 4 is 40.7 Å². The number of phenolic OH excluding ortho intramolecular Hbond substituents is 1. The molecule has 1 saturated heterocycles. The van der Waals surface area contributed by atoms with E-state index < -0.39 is 5.82 Å². The van der Waals surface area contributed by atoms with E-state index in [1.54, 1.807) is 6.07 Å². The number of benzene rings is 1. The van der Waals surface area contributed by atoms with Gasteiger partial charge in [0, 0.05) is 42.3 Å². The van der Waals surface area contributed by atoms with Crippen LogP contribution in [0.5, 0.6) is 5.75 Å². The minimum absolute atomic E-state index is 0. The van der Waals surface area contributed by atoms with Crippen LogP contribution in [0, 0.1) is 5.82 Å². The van der Waals surface area contributed by atoms with E-state index in [2.05, 4.69) is 32.7 Å². The second-order valence-electron chi connectivity index (χ2n) is 4.62. The van der Waals surface area contributed by atoms with Crippen molar-refractivity contribution in [2.24, 2.45) is 0 Å². The molecule has 7 heteroatoms. The van der Waals surface area contributed by atoms with Gasteiger partial charge in [-0.15, -0.1) is 31.4 Å². The van der Waals surface area contributed by atoms with Crippen LogP contribution < -0.4 is 5.32 Å². The van der Waals surface area contributed by atoms with Gasteiger partial charge in [0.15, 0.2) is 11.6 Å². The summed E-state index contributed by atoms with van der Waals surface area (Å²) in [4.78, 5) is 2.25. The van der Waals surface area contributed by atoms with Gasteiger partial charge in [-0.05, 0) is 18.6 Å². The minimum atomic E-state index is -0.581. The minimum Gasteiger partial charge on any atom is -0.505 e. The second kappa shape index (κ2) is 9.64. The van der Waals surface area contributed by atoms with Crippen molar-refractivity contribution in [3.05, 3.63) is 40.6 Å². The molecule has 1 aliphatic heterocycles. The van der Waals surface area contributed by atoms with Gasteiger partial charge >= 0.3 is 0 Å². The van der Waals surface area contributed by atoms with E-state index in [-0.39, 0.29) is 36.6 Å². The van der Waals surface area contributed by atoms with Crippen molar-refractivity contribution < 1.29 is 9.50 Å². The number of hydrogen-bond donors (Lipinski definition) is 2. The molecule has 2 N–H and O–H groups in total. The van der Waals surface area contributed by atoms with Gasteiger partial charge in [-0.3, -0.25) is 4.90 Å². The smallest absolute Gasteiger partial charge is 0.165 e. The molecule has 2 rings (SSSR count). The van der Waals surface area contributed by atoms with Crippen molar-refractivity contribution in [1.82, 2.24) is 10.2 Å². The molecule has 0 radical (unpaired) electrons. The lowest BCUT2D eigenvalue weighted by molar-refractivity contribution is 0.170. The summed E-state index contributed by atoms with van der Waals surface area (Å²) in [5.41, 5.74) is 0.613. The third-order valence-electron chi connectivity index (χ3n) is 3.43. The van der Waals surface area contributed by atoms with Crippen LogP contribution in [0.25, 0.3) is 0 Å². The number of phenols is 1. The first-order valence-electron chi connectivity index (χ1n) is 6.37. The highest BCUT2D eigenvalue weighted by Crippen LogP contribution is 2.38. The zero-order chi connectivity index (χ0) is 13.8. The summed E-state index contributed by atoms with van der Waals surface area (Å²) in [6.07, 6.45) is 2.49. The predicted molar refractivity (Wildman–Crippen MR) is 92.3 cm³/mol. The van der Waals surface area contributed by atoms with Crippen LogP contribution >= 0.6 is 40.7 Å². The third kappa shape index (κ3) is 4.83. The van der Waals surface area contributed by atoms with Crippen molar-refractivity contribution in [1.29, 1.82) is 0 Å². The first kappa shape index (κ1) is 20.7. The van der Waals surface area contributed by atoms with E-state index in [1.165, 1.54) is 6.07 Å². The van der Waals surface area contributed by atoms with Crippen molar-refractivity contribution in [2.75, 3.05) is 26.2 Å². The highest BCUT2D eigenvalue weighted by molar-refractivity contribution is 9.10. The predicted octanol–water partition coefficient (Wildman–Crippen LogP) is 3.66. The van der Waals surface area contributed by atoms with Crippen LogP contribution in [-0.4, -0.2) is 36.2 Å². The van der Waals surface area contributed by atoms with Crippen molar-refractivity contribution in [2.45, 2.75) is 12.5 Å². The van der Waals surface area contributed by atoms with Crippen LogP contribution in [0.2, 0.25) is 0 Å². The van der Waals surface area contributed by atoms with Gasteiger partial charge in [-0.25, -0.2) is 4.39 Å². The molecule has 3 nitrogen and oxygen atoms in total. The average Bonchev–Trinajstić information content (AvgIpc) is 2.43. The lowest BCUT2D eigenvalue weighted by Gasteiger charge is -2.35. The van der Waals surface area contributed by atoms with Crippen LogP contribution in [0.4, 0.5) is 4.39 Å². The molecule has 1 aliphatic rings. The van der Waals surface area contributed by atoms with Gasteiger partial charge in [0.1, 0.15) is 0 Å². The van der Waals surface area contributed by atoms with Crippen LogP contribution in [0.1, 0.15) is 18.0 Å². The van der Waals surface area contributed by atoms with E-state index in [0.29, 0.717) is 12.0 Å². The standard InChI is InChI=1S/C14H18BrFN2O.2ClH/c1-2-3-12(18-8-6-17-7-9-18)13-10(15)4-5-11(16)14(13)19;;/h2,4-5,12,17,19H,1,3,6-9H2;2*1H/t12-;;/m0../s1. The Morgan fingerprint density at radius 3 is 2.57 bits per heavy atom. The molecule has 0 aromatic heterocycles. The summed E-state index contributed by atoms with van der Waals surface area (Å²) < 4.78 is 14.3. The maximum absolute atomic E-state index is 13.6. The molecular weight excluding hydrogens is 382 g/mol. The Kier molecular flexibility index (Phi) is 9.49. The highest BCUT2D eigenvalue weighted by Gasteiger charge is 2.26. The molecule has 0 bridgehead atoms. The monoisotopic (exact) mass is 400 g/mol. The maximum Gasteiger partial charge on any atom is 0.165 e.